The van der Waals surface area contributed by atoms with Crippen molar-refractivity contribution in [2.75, 3.05) is 18.4 Å². The van der Waals surface area contributed by atoms with Crippen LogP contribution in [0.2, 0.25) is 0 Å². The fourth-order valence-corrected chi connectivity index (χ4v) is 2.59. The van der Waals surface area contributed by atoms with Crippen LogP contribution in [0.5, 0.6) is 0 Å². The van der Waals surface area contributed by atoms with Crippen molar-refractivity contribution in [1.82, 2.24) is 20.7 Å². The number of hydrogen-bond donors (Lipinski definition) is 3. The Bertz CT molecular complexity index is 612. The summed E-state index contributed by atoms with van der Waals surface area (Å²) in [6.45, 7) is 3.87. The Kier molecular flexibility index (Phi) is 4.01. The van der Waals surface area contributed by atoms with Gasteiger partial charge in [0.2, 0.25) is 5.91 Å². The van der Waals surface area contributed by atoms with Gasteiger partial charge in [-0.15, -0.1) is 0 Å². The van der Waals surface area contributed by atoms with Crippen molar-refractivity contribution in [3.05, 3.63) is 29.3 Å². The number of rotatable bonds is 4. The Morgan fingerprint density at radius 3 is 2.95 bits per heavy atom. The van der Waals surface area contributed by atoms with E-state index in [-0.39, 0.29) is 12.3 Å². The second-order valence-corrected chi connectivity index (χ2v) is 5.39. The predicted molar refractivity (Wildman–Crippen MR) is 77.0 cm³/mol. The summed E-state index contributed by atoms with van der Waals surface area (Å²) in [5, 5.41) is 17.0. The molecule has 112 valence electrons. The molecule has 0 aliphatic carbocycles. The SMILES string of the molecule is Cc1cc(CC(=O)Nc2cc(C3CCNCC3)[nH]n2)on1. The fraction of sp³-hybridized carbons (Fsp3) is 0.500. The number of carbonyl (C=O) groups is 1. The van der Waals surface area contributed by atoms with Crippen LogP contribution >= 0.6 is 0 Å². The molecule has 3 N–H and O–H groups in total. The van der Waals surface area contributed by atoms with Gasteiger partial charge in [0.05, 0.1) is 12.1 Å². The maximum atomic E-state index is 11.9. The number of H-pyrrole nitrogens is 1. The fourth-order valence-electron chi connectivity index (χ4n) is 2.59. The molecular formula is C14H19N5O2. The van der Waals surface area contributed by atoms with Gasteiger partial charge < -0.3 is 15.2 Å². The van der Waals surface area contributed by atoms with Crippen LogP contribution in [0.1, 0.15) is 35.9 Å². The van der Waals surface area contributed by atoms with Gasteiger partial charge in [-0.2, -0.15) is 5.10 Å². The molecule has 1 aliphatic heterocycles. The number of amides is 1. The zero-order chi connectivity index (χ0) is 14.7. The van der Waals surface area contributed by atoms with E-state index in [4.69, 9.17) is 4.52 Å². The van der Waals surface area contributed by atoms with Crippen molar-refractivity contribution in [2.24, 2.45) is 0 Å². The molecule has 1 aliphatic rings. The summed E-state index contributed by atoms with van der Waals surface area (Å²) in [5.74, 6) is 1.44. The molecule has 0 spiro atoms. The summed E-state index contributed by atoms with van der Waals surface area (Å²) < 4.78 is 5.03. The molecule has 2 aromatic rings. The van der Waals surface area contributed by atoms with E-state index in [2.05, 4.69) is 26.0 Å². The second-order valence-electron chi connectivity index (χ2n) is 5.39. The van der Waals surface area contributed by atoms with Crippen LogP contribution in [0.25, 0.3) is 0 Å². The lowest BCUT2D eigenvalue weighted by Gasteiger charge is -2.20. The number of hydrogen-bond acceptors (Lipinski definition) is 5. The lowest BCUT2D eigenvalue weighted by Crippen LogP contribution is -2.26. The van der Waals surface area contributed by atoms with Crippen LogP contribution in [-0.2, 0) is 11.2 Å². The van der Waals surface area contributed by atoms with Gasteiger partial charge in [0.15, 0.2) is 5.82 Å². The maximum Gasteiger partial charge on any atom is 0.233 e. The number of aromatic nitrogens is 3. The molecule has 0 radical (unpaired) electrons. The first kappa shape index (κ1) is 13.8. The van der Waals surface area contributed by atoms with E-state index in [1.165, 1.54) is 0 Å². The van der Waals surface area contributed by atoms with E-state index in [1.54, 1.807) is 6.07 Å². The second kappa shape index (κ2) is 6.09. The number of piperidine rings is 1. The minimum atomic E-state index is -0.158. The molecule has 3 rings (SSSR count). The van der Waals surface area contributed by atoms with Gasteiger partial charge in [-0.3, -0.25) is 9.89 Å². The molecule has 2 aromatic heterocycles. The molecule has 7 heteroatoms. The van der Waals surface area contributed by atoms with Crippen LogP contribution in [0.15, 0.2) is 16.7 Å². The number of nitrogens with zero attached hydrogens (tertiary/aromatic N) is 2. The molecule has 0 unspecified atom stereocenters. The monoisotopic (exact) mass is 289 g/mol. The van der Waals surface area contributed by atoms with Crippen molar-refractivity contribution in [3.8, 4) is 0 Å². The largest absolute Gasteiger partial charge is 0.361 e. The van der Waals surface area contributed by atoms with E-state index < -0.39 is 0 Å². The van der Waals surface area contributed by atoms with Crippen LogP contribution in [0, 0.1) is 6.92 Å². The molecule has 1 amide bonds. The van der Waals surface area contributed by atoms with Gasteiger partial charge in [-0.05, 0) is 32.9 Å². The average molecular weight is 289 g/mol. The molecule has 0 saturated carbocycles. The van der Waals surface area contributed by atoms with Gasteiger partial charge in [0, 0.05) is 23.7 Å². The Labute approximate surface area is 122 Å². The summed E-state index contributed by atoms with van der Waals surface area (Å²) in [7, 11) is 0. The van der Waals surface area contributed by atoms with E-state index >= 15 is 0 Å². The highest BCUT2D eigenvalue weighted by Gasteiger charge is 2.18. The first-order valence-corrected chi connectivity index (χ1v) is 7.19. The first-order valence-electron chi connectivity index (χ1n) is 7.19. The van der Waals surface area contributed by atoms with Gasteiger partial charge in [0.25, 0.3) is 0 Å². The van der Waals surface area contributed by atoms with Crippen LogP contribution in [-0.4, -0.2) is 34.4 Å². The summed E-state index contributed by atoms with van der Waals surface area (Å²) in [5.41, 5.74) is 1.85. The molecule has 0 bridgehead atoms. The average Bonchev–Trinajstić information content (AvgIpc) is 3.09. The van der Waals surface area contributed by atoms with E-state index in [9.17, 15) is 4.79 Å². The highest BCUT2D eigenvalue weighted by Crippen LogP contribution is 2.24. The van der Waals surface area contributed by atoms with E-state index in [1.807, 2.05) is 13.0 Å². The lowest BCUT2D eigenvalue weighted by molar-refractivity contribution is -0.115. The standard InChI is InChI=1S/C14H19N5O2/c1-9-6-11(21-19-9)7-14(20)16-13-8-12(17-18-13)10-2-4-15-5-3-10/h6,8,10,15H,2-5,7H2,1H3,(H2,16,17,18,20). The van der Waals surface area contributed by atoms with Crippen LogP contribution < -0.4 is 10.6 Å². The molecule has 1 saturated heterocycles. The smallest absolute Gasteiger partial charge is 0.233 e. The van der Waals surface area contributed by atoms with Crippen molar-refractivity contribution < 1.29 is 9.32 Å². The summed E-state index contributed by atoms with van der Waals surface area (Å²) in [4.78, 5) is 11.9. The van der Waals surface area contributed by atoms with E-state index in [0.717, 1.165) is 37.3 Å². The zero-order valence-corrected chi connectivity index (χ0v) is 12.0. The van der Waals surface area contributed by atoms with Crippen molar-refractivity contribution >= 4 is 11.7 Å². The highest BCUT2D eigenvalue weighted by molar-refractivity contribution is 5.91. The summed E-state index contributed by atoms with van der Waals surface area (Å²) in [6.07, 6.45) is 2.34. The predicted octanol–water partition coefficient (Wildman–Crippen LogP) is 1.35. The van der Waals surface area contributed by atoms with Crippen LogP contribution in [0.4, 0.5) is 5.82 Å². The Balaban J connectivity index is 1.57. The number of aryl methyl sites for hydroxylation is 1. The van der Waals surface area contributed by atoms with Gasteiger partial charge >= 0.3 is 0 Å². The minimum Gasteiger partial charge on any atom is -0.361 e. The summed E-state index contributed by atoms with van der Waals surface area (Å²) >= 11 is 0. The molecule has 0 atom stereocenters. The molecule has 21 heavy (non-hydrogen) atoms. The van der Waals surface area contributed by atoms with Crippen molar-refractivity contribution in [3.63, 3.8) is 0 Å². The third-order valence-electron chi connectivity index (χ3n) is 3.66. The third-order valence-corrected chi connectivity index (χ3v) is 3.66. The maximum absolute atomic E-state index is 11.9. The zero-order valence-electron chi connectivity index (χ0n) is 12.0. The highest BCUT2D eigenvalue weighted by atomic mass is 16.5. The van der Waals surface area contributed by atoms with Gasteiger partial charge in [0.1, 0.15) is 5.76 Å². The van der Waals surface area contributed by atoms with Crippen LogP contribution in [0.3, 0.4) is 0 Å². The number of anilines is 1. The molecule has 1 fully saturated rings. The molecule has 7 nitrogen and oxygen atoms in total. The van der Waals surface area contributed by atoms with Crippen molar-refractivity contribution in [1.29, 1.82) is 0 Å². The minimum absolute atomic E-state index is 0.158. The number of carbonyl (C=O) groups excluding carboxylic acids is 1. The third kappa shape index (κ3) is 3.49. The van der Waals surface area contributed by atoms with Gasteiger partial charge in [-0.25, -0.2) is 0 Å². The Morgan fingerprint density at radius 2 is 2.24 bits per heavy atom. The van der Waals surface area contributed by atoms with Crippen molar-refractivity contribution in [2.45, 2.75) is 32.1 Å². The normalized spacial score (nSPS) is 16.0. The first-order chi connectivity index (χ1) is 10.2. The lowest BCUT2D eigenvalue weighted by atomic mass is 9.95. The molecular weight excluding hydrogens is 270 g/mol. The molecule has 0 aromatic carbocycles. The Morgan fingerprint density at radius 1 is 1.43 bits per heavy atom. The molecule has 3 heterocycles. The number of nitrogens with one attached hydrogen (secondary N) is 3. The van der Waals surface area contributed by atoms with Gasteiger partial charge in [-0.1, -0.05) is 5.16 Å². The number of aromatic amines is 1. The quantitative estimate of drug-likeness (QED) is 0.789. The topological polar surface area (TPSA) is 95.8 Å². The van der Waals surface area contributed by atoms with E-state index in [0.29, 0.717) is 17.5 Å². The summed E-state index contributed by atoms with van der Waals surface area (Å²) in [6, 6.07) is 3.67. The Hall–Kier alpha value is -2.15.